The molecule has 0 amide bonds. The molecule has 0 unspecified atom stereocenters. The van der Waals surface area contributed by atoms with Gasteiger partial charge in [-0.05, 0) is 68.3 Å². The van der Waals surface area contributed by atoms with Crippen LogP contribution in [-0.2, 0) is 6.54 Å². The van der Waals surface area contributed by atoms with Crippen molar-refractivity contribution in [3.8, 4) is 11.5 Å². The molecule has 0 aliphatic heterocycles. The van der Waals surface area contributed by atoms with Gasteiger partial charge >= 0.3 is 0 Å². The molecule has 0 aliphatic carbocycles. The first-order chi connectivity index (χ1) is 10.1. The Balaban J connectivity index is 2.19. The molecule has 0 spiro atoms. The molecule has 112 valence electrons. The quantitative estimate of drug-likeness (QED) is 0.736. The Hall–Kier alpha value is -1.51. The highest BCUT2D eigenvalue weighted by molar-refractivity contribution is 6.30. The zero-order chi connectivity index (χ0) is 15.2. The van der Waals surface area contributed by atoms with E-state index in [1.54, 1.807) is 0 Å². The van der Waals surface area contributed by atoms with E-state index in [1.807, 2.05) is 24.3 Å². The lowest BCUT2D eigenvalue weighted by Gasteiger charge is -2.13. The maximum absolute atomic E-state index is 6.10. The Morgan fingerprint density at radius 2 is 1.86 bits per heavy atom. The number of ether oxygens (including phenoxy) is 1. The van der Waals surface area contributed by atoms with Crippen LogP contribution in [-0.4, -0.2) is 6.54 Å². The topological polar surface area (TPSA) is 21.3 Å². The summed E-state index contributed by atoms with van der Waals surface area (Å²) >= 11 is 6.10. The minimum Gasteiger partial charge on any atom is -0.457 e. The molecule has 0 aliphatic rings. The van der Waals surface area contributed by atoms with Gasteiger partial charge in [-0.3, -0.25) is 0 Å². The van der Waals surface area contributed by atoms with Gasteiger partial charge in [-0.2, -0.15) is 0 Å². The van der Waals surface area contributed by atoms with Crippen molar-refractivity contribution < 1.29 is 4.74 Å². The molecule has 2 nitrogen and oxygen atoms in total. The number of hydrogen-bond acceptors (Lipinski definition) is 2. The van der Waals surface area contributed by atoms with Crippen molar-refractivity contribution in [1.29, 1.82) is 0 Å². The highest BCUT2D eigenvalue weighted by atomic mass is 35.5. The van der Waals surface area contributed by atoms with E-state index in [0.717, 1.165) is 41.6 Å². The predicted octanol–water partition coefficient (Wildman–Crippen LogP) is 5.25. The molecule has 2 rings (SSSR count). The van der Waals surface area contributed by atoms with E-state index >= 15 is 0 Å². The summed E-state index contributed by atoms with van der Waals surface area (Å²) in [5, 5.41) is 4.12. The highest BCUT2D eigenvalue weighted by Gasteiger charge is 2.07. The minimum absolute atomic E-state index is 0.732. The predicted molar refractivity (Wildman–Crippen MR) is 89.4 cm³/mol. The van der Waals surface area contributed by atoms with E-state index in [-0.39, 0.29) is 0 Å². The molecule has 21 heavy (non-hydrogen) atoms. The van der Waals surface area contributed by atoms with E-state index in [2.05, 4.69) is 38.2 Å². The Kier molecular flexibility index (Phi) is 5.66. The number of hydrogen-bond donors (Lipinski definition) is 1. The maximum atomic E-state index is 6.10. The Bertz CT molecular complexity index is 610. The van der Waals surface area contributed by atoms with Crippen molar-refractivity contribution in [3.63, 3.8) is 0 Å². The molecule has 0 atom stereocenters. The fraction of sp³-hybridized carbons (Fsp3) is 0.333. The van der Waals surface area contributed by atoms with Crippen LogP contribution in [0.1, 0.15) is 30.0 Å². The van der Waals surface area contributed by atoms with Gasteiger partial charge in [0.2, 0.25) is 0 Å². The van der Waals surface area contributed by atoms with Gasteiger partial charge in [-0.1, -0.05) is 24.6 Å². The van der Waals surface area contributed by atoms with E-state index < -0.39 is 0 Å². The molecule has 3 heteroatoms. The van der Waals surface area contributed by atoms with Gasteiger partial charge < -0.3 is 10.1 Å². The average Bonchev–Trinajstić information content (AvgIpc) is 2.46. The van der Waals surface area contributed by atoms with Crippen LogP contribution in [0, 0.1) is 13.8 Å². The SMILES string of the molecule is CCCNCc1cc(Cl)ccc1Oc1ccc(C)c(C)c1. The monoisotopic (exact) mass is 303 g/mol. The minimum atomic E-state index is 0.732. The van der Waals surface area contributed by atoms with Crippen molar-refractivity contribution in [1.82, 2.24) is 5.32 Å². The second-order valence-electron chi connectivity index (χ2n) is 5.28. The molecular formula is C18H22ClNO. The summed E-state index contributed by atoms with van der Waals surface area (Å²) in [6, 6.07) is 11.9. The zero-order valence-electron chi connectivity index (χ0n) is 12.9. The number of nitrogens with one attached hydrogen (secondary N) is 1. The zero-order valence-corrected chi connectivity index (χ0v) is 13.6. The van der Waals surface area contributed by atoms with E-state index in [1.165, 1.54) is 11.1 Å². The normalized spacial score (nSPS) is 10.7. The van der Waals surface area contributed by atoms with Gasteiger partial charge in [-0.25, -0.2) is 0 Å². The van der Waals surface area contributed by atoms with Crippen LogP contribution in [0.4, 0.5) is 0 Å². The molecule has 0 aromatic heterocycles. The maximum Gasteiger partial charge on any atom is 0.132 e. The van der Waals surface area contributed by atoms with E-state index in [9.17, 15) is 0 Å². The Labute approximate surface area is 132 Å². The first-order valence-corrected chi connectivity index (χ1v) is 7.72. The number of benzene rings is 2. The molecule has 1 N–H and O–H groups in total. The summed E-state index contributed by atoms with van der Waals surface area (Å²) in [6.45, 7) is 8.08. The molecule has 2 aromatic rings. The lowest BCUT2D eigenvalue weighted by molar-refractivity contribution is 0.472. The van der Waals surface area contributed by atoms with Gasteiger partial charge in [0.15, 0.2) is 0 Å². The number of rotatable bonds is 6. The lowest BCUT2D eigenvalue weighted by Crippen LogP contribution is -2.14. The molecule has 0 bridgehead atoms. The van der Waals surface area contributed by atoms with Gasteiger partial charge in [0.05, 0.1) is 0 Å². The summed E-state index contributed by atoms with van der Waals surface area (Å²) < 4.78 is 6.03. The highest BCUT2D eigenvalue weighted by Crippen LogP contribution is 2.29. The van der Waals surface area contributed by atoms with Crippen LogP contribution >= 0.6 is 11.6 Å². The molecule has 0 saturated carbocycles. The Morgan fingerprint density at radius 3 is 2.57 bits per heavy atom. The molecule has 0 saturated heterocycles. The average molecular weight is 304 g/mol. The second-order valence-corrected chi connectivity index (χ2v) is 5.71. The van der Waals surface area contributed by atoms with Crippen LogP contribution in [0.2, 0.25) is 5.02 Å². The van der Waals surface area contributed by atoms with E-state index in [0.29, 0.717) is 0 Å². The third kappa shape index (κ3) is 4.48. The number of aryl methyl sites for hydroxylation is 2. The smallest absolute Gasteiger partial charge is 0.132 e. The number of halogens is 1. The summed E-state index contributed by atoms with van der Waals surface area (Å²) in [7, 11) is 0. The van der Waals surface area contributed by atoms with Crippen LogP contribution in [0.3, 0.4) is 0 Å². The largest absolute Gasteiger partial charge is 0.457 e. The van der Waals surface area contributed by atoms with Crippen molar-refractivity contribution in [2.75, 3.05) is 6.54 Å². The van der Waals surface area contributed by atoms with Crippen molar-refractivity contribution >= 4 is 11.6 Å². The molecule has 0 heterocycles. The first-order valence-electron chi connectivity index (χ1n) is 7.34. The Morgan fingerprint density at radius 1 is 1.05 bits per heavy atom. The molecule has 2 aromatic carbocycles. The van der Waals surface area contributed by atoms with E-state index in [4.69, 9.17) is 16.3 Å². The van der Waals surface area contributed by atoms with Gasteiger partial charge in [0.25, 0.3) is 0 Å². The van der Waals surface area contributed by atoms with Crippen molar-refractivity contribution in [2.24, 2.45) is 0 Å². The van der Waals surface area contributed by atoms with Crippen molar-refractivity contribution in [2.45, 2.75) is 33.7 Å². The lowest BCUT2D eigenvalue weighted by atomic mass is 10.1. The molecular weight excluding hydrogens is 282 g/mol. The van der Waals surface area contributed by atoms with Crippen molar-refractivity contribution in [3.05, 3.63) is 58.1 Å². The molecule has 0 fully saturated rings. The molecule has 0 radical (unpaired) electrons. The fourth-order valence-corrected chi connectivity index (χ4v) is 2.28. The second kappa shape index (κ2) is 7.48. The van der Waals surface area contributed by atoms with Crippen LogP contribution in [0.15, 0.2) is 36.4 Å². The third-order valence-corrected chi connectivity index (χ3v) is 3.71. The van der Waals surface area contributed by atoms with Gasteiger partial charge in [0.1, 0.15) is 11.5 Å². The van der Waals surface area contributed by atoms with Crippen LogP contribution < -0.4 is 10.1 Å². The fourth-order valence-electron chi connectivity index (χ4n) is 2.09. The summed E-state index contributed by atoms with van der Waals surface area (Å²) in [5.74, 6) is 1.71. The third-order valence-electron chi connectivity index (χ3n) is 3.47. The summed E-state index contributed by atoms with van der Waals surface area (Å²) in [4.78, 5) is 0. The van der Waals surface area contributed by atoms with Gasteiger partial charge in [0, 0.05) is 17.1 Å². The summed E-state index contributed by atoms with van der Waals surface area (Å²) in [5.41, 5.74) is 3.57. The first kappa shape index (κ1) is 15.9. The summed E-state index contributed by atoms with van der Waals surface area (Å²) in [6.07, 6.45) is 1.11. The van der Waals surface area contributed by atoms with Crippen LogP contribution in [0.5, 0.6) is 11.5 Å². The standard InChI is InChI=1S/C18H22ClNO/c1-4-9-20-12-15-11-16(19)6-8-18(15)21-17-7-5-13(2)14(3)10-17/h5-8,10-11,20H,4,9,12H2,1-3H3. The van der Waals surface area contributed by atoms with Gasteiger partial charge in [-0.15, -0.1) is 0 Å². The van der Waals surface area contributed by atoms with Crippen LogP contribution in [0.25, 0.3) is 0 Å².